The van der Waals surface area contributed by atoms with Gasteiger partial charge in [-0.25, -0.2) is 12.7 Å². The van der Waals surface area contributed by atoms with Gasteiger partial charge in [0, 0.05) is 32.0 Å². The summed E-state index contributed by atoms with van der Waals surface area (Å²) >= 11 is 3.59. The van der Waals surface area contributed by atoms with Gasteiger partial charge in [0.25, 0.3) is 0 Å². The van der Waals surface area contributed by atoms with Crippen molar-refractivity contribution < 1.29 is 8.42 Å². The van der Waals surface area contributed by atoms with Crippen molar-refractivity contribution in [2.75, 3.05) is 30.9 Å². The predicted molar refractivity (Wildman–Crippen MR) is 90.7 cm³/mol. The Morgan fingerprint density at radius 1 is 1.24 bits per heavy atom. The average molecular weight is 375 g/mol. The molecule has 1 aliphatic rings. The molecule has 4 nitrogen and oxygen atoms in total. The number of alkyl halides is 1. The third-order valence-corrected chi connectivity index (χ3v) is 6.60. The zero-order valence-electron chi connectivity index (χ0n) is 12.6. The number of sulfonamides is 1. The Morgan fingerprint density at radius 2 is 1.95 bits per heavy atom. The van der Waals surface area contributed by atoms with Crippen LogP contribution in [0.5, 0.6) is 0 Å². The van der Waals surface area contributed by atoms with Crippen LogP contribution in [0.1, 0.15) is 25.7 Å². The normalized spacial score (nSPS) is 20.6. The zero-order valence-corrected chi connectivity index (χ0v) is 15.0. The highest BCUT2D eigenvalue weighted by Crippen LogP contribution is 2.31. The van der Waals surface area contributed by atoms with E-state index in [1.54, 1.807) is 26.2 Å². The summed E-state index contributed by atoms with van der Waals surface area (Å²) in [5.74, 6) is 0. The van der Waals surface area contributed by atoms with E-state index in [0.29, 0.717) is 10.9 Å². The fourth-order valence-corrected chi connectivity index (χ4v) is 4.53. The highest BCUT2D eigenvalue weighted by atomic mass is 79.9. The molecule has 2 rings (SSSR count). The first-order chi connectivity index (χ1) is 9.98. The van der Waals surface area contributed by atoms with Crippen molar-refractivity contribution in [1.82, 2.24) is 4.31 Å². The first-order valence-electron chi connectivity index (χ1n) is 7.32. The molecule has 0 radical (unpaired) electrons. The highest BCUT2D eigenvalue weighted by molar-refractivity contribution is 9.09. The maximum Gasteiger partial charge on any atom is 0.244 e. The quantitative estimate of drug-likeness (QED) is 0.760. The van der Waals surface area contributed by atoms with Gasteiger partial charge in [0.2, 0.25) is 10.0 Å². The molecular weight excluding hydrogens is 352 g/mol. The molecule has 0 aliphatic carbocycles. The lowest BCUT2D eigenvalue weighted by molar-refractivity contribution is 0.519. The monoisotopic (exact) mass is 374 g/mol. The maximum absolute atomic E-state index is 12.6. The van der Waals surface area contributed by atoms with Gasteiger partial charge in [-0.1, -0.05) is 40.9 Å². The van der Waals surface area contributed by atoms with E-state index in [2.05, 4.69) is 20.8 Å². The lowest BCUT2D eigenvalue weighted by Crippen LogP contribution is -2.37. The molecule has 6 heteroatoms. The molecule has 0 bridgehead atoms. The smallest absolute Gasteiger partial charge is 0.244 e. The van der Waals surface area contributed by atoms with Crippen LogP contribution in [0.4, 0.5) is 5.69 Å². The minimum atomic E-state index is -3.42. The van der Waals surface area contributed by atoms with Gasteiger partial charge in [0.1, 0.15) is 4.90 Å². The Bertz CT molecular complexity index is 575. The van der Waals surface area contributed by atoms with E-state index in [1.165, 1.54) is 17.1 Å². The summed E-state index contributed by atoms with van der Waals surface area (Å²) in [4.78, 5) is 2.67. The van der Waals surface area contributed by atoms with Gasteiger partial charge in [-0.05, 0) is 25.0 Å². The van der Waals surface area contributed by atoms with E-state index in [9.17, 15) is 8.42 Å². The molecule has 21 heavy (non-hydrogen) atoms. The molecule has 1 aromatic rings. The number of hydrogen-bond acceptors (Lipinski definition) is 3. The van der Waals surface area contributed by atoms with Crippen LogP contribution in [0, 0.1) is 0 Å². The van der Waals surface area contributed by atoms with E-state index in [0.717, 1.165) is 30.4 Å². The third-order valence-electron chi connectivity index (χ3n) is 3.99. The van der Waals surface area contributed by atoms with Crippen LogP contribution in [0.3, 0.4) is 0 Å². The molecule has 1 aliphatic heterocycles. The number of nitrogens with zero attached hydrogens (tertiary/aromatic N) is 2. The van der Waals surface area contributed by atoms with Gasteiger partial charge in [0.15, 0.2) is 0 Å². The number of benzene rings is 1. The molecular formula is C15H23BrN2O2S. The van der Waals surface area contributed by atoms with Crippen molar-refractivity contribution in [3.05, 3.63) is 24.3 Å². The van der Waals surface area contributed by atoms with Crippen molar-refractivity contribution in [2.24, 2.45) is 0 Å². The molecule has 1 unspecified atom stereocenters. The highest BCUT2D eigenvalue weighted by Gasteiger charge is 2.27. The van der Waals surface area contributed by atoms with Crippen molar-refractivity contribution in [2.45, 2.75) is 36.6 Å². The van der Waals surface area contributed by atoms with E-state index in [1.807, 2.05) is 12.1 Å². The molecule has 0 amide bonds. The summed E-state index contributed by atoms with van der Waals surface area (Å²) in [6.07, 6.45) is 4.62. The van der Waals surface area contributed by atoms with Crippen LogP contribution in [0.25, 0.3) is 0 Å². The topological polar surface area (TPSA) is 40.6 Å². The standard InChI is InChI=1S/C15H23BrN2O2S/c1-17(2)21(19,20)15-10-6-5-9-14(15)18-11-7-3-4-8-13(18)12-16/h5-6,9-10,13H,3-4,7-8,11-12H2,1-2H3. The summed E-state index contributed by atoms with van der Waals surface area (Å²) in [7, 11) is -0.264. The summed E-state index contributed by atoms with van der Waals surface area (Å²) < 4.78 is 26.4. The molecule has 1 fully saturated rings. The number of halogens is 1. The maximum atomic E-state index is 12.6. The molecule has 0 saturated carbocycles. The summed E-state index contributed by atoms with van der Waals surface area (Å²) in [6.45, 7) is 0.913. The second-order valence-electron chi connectivity index (χ2n) is 5.61. The van der Waals surface area contributed by atoms with Crippen molar-refractivity contribution >= 4 is 31.6 Å². The molecule has 1 saturated heterocycles. The first kappa shape index (κ1) is 16.8. The second-order valence-corrected chi connectivity index (χ2v) is 8.37. The van der Waals surface area contributed by atoms with Gasteiger partial charge in [-0.15, -0.1) is 0 Å². The Hall–Kier alpha value is -0.590. The number of anilines is 1. The molecule has 1 atom stereocenters. The van der Waals surface area contributed by atoms with E-state index < -0.39 is 10.0 Å². The van der Waals surface area contributed by atoms with E-state index >= 15 is 0 Å². The fourth-order valence-electron chi connectivity index (χ4n) is 2.76. The Morgan fingerprint density at radius 3 is 2.62 bits per heavy atom. The van der Waals surface area contributed by atoms with Crippen LogP contribution >= 0.6 is 15.9 Å². The van der Waals surface area contributed by atoms with Crippen LogP contribution in [-0.2, 0) is 10.0 Å². The third kappa shape index (κ3) is 3.60. The number of rotatable bonds is 4. The van der Waals surface area contributed by atoms with Gasteiger partial charge in [0.05, 0.1) is 5.69 Å². The Labute approximate surface area is 136 Å². The van der Waals surface area contributed by atoms with Crippen molar-refractivity contribution in [1.29, 1.82) is 0 Å². The van der Waals surface area contributed by atoms with Crippen LogP contribution < -0.4 is 4.90 Å². The Kier molecular flexibility index (Phi) is 5.68. The molecule has 0 spiro atoms. The summed E-state index contributed by atoms with van der Waals surface area (Å²) in [5, 5.41) is 0.864. The van der Waals surface area contributed by atoms with E-state index in [4.69, 9.17) is 0 Å². The van der Waals surface area contributed by atoms with Gasteiger partial charge in [-0.2, -0.15) is 0 Å². The van der Waals surface area contributed by atoms with Crippen LogP contribution in [0.2, 0.25) is 0 Å². The van der Waals surface area contributed by atoms with Crippen molar-refractivity contribution in [3.63, 3.8) is 0 Å². The molecule has 0 aromatic heterocycles. The molecule has 1 aromatic carbocycles. The predicted octanol–water partition coefficient (Wildman–Crippen LogP) is 3.08. The average Bonchev–Trinajstić information content (AvgIpc) is 2.72. The lowest BCUT2D eigenvalue weighted by Gasteiger charge is -2.32. The van der Waals surface area contributed by atoms with E-state index in [-0.39, 0.29) is 0 Å². The minimum absolute atomic E-state index is 0.353. The minimum Gasteiger partial charge on any atom is -0.367 e. The van der Waals surface area contributed by atoms with Crippen molar-refractivity contribution in [3.8, 4) is 0 Å². The van der Waals surface area contributed by atoms with Crippen LogP contribution in [0.15, 0.2) is 29.2 Å². The second kappa shape index (κ2) is 7.11. The first-order valence-corrected chi connectivity index (χ1v) is 9.89. The fraction of sp³-hybridized carbons (Fsp3) is 0.600. The van der Waals surface area contributed by atoms with Crippen LogP contribution in [-0.4, -0.2) is 44.7 Å². The molecule has 0 N–H and O–H groups in total. The van der Waals surface area contributed by atoms with Gasteiger partial charge in [-0.3, -0.25) is 0 Å². The Balaban J connectivity index is 2.48. The summed E-state index contributed by atoms with van der Waals surface area (Å²) in [5.41, 5.74) is 0.831. The van der Waals surface area contributed by atoms with Gasteiger partial charge < -0.3 is 4.90 Å². The largest absolute Gasteiger partial charge is 0.367 e. The molecule has 118 valence electrons. The lowest BCUT2D eigenvalue weighted by atomic mass is 10.1. The number of hydrogen-bond donors (Lipinski definition) is 0. The molecule has 1 heterocycles. The SMILES string of the molecule is CN(C)S(=O)(=O)c1ccccc1N1CCCCCC1CBr. The summed E-state index contributed by atoms with van der Waals surface area (Å²) in [6, 6.07) is 7.70. The van der Waals surface area contributed by atoms with Gasteiger partial charge >= 0.3 is 0 Å². The zero-order chi connectivity index (χ0) is 15.5. The number of para-hydroxylation sites is 1.